The summed E-state index contributed by atoms with van der Waals surface area (Å²) in [6, 6.07) is 4.21. The van der Waals surface area contributed by atoms with Gasteiger partial charge in [0.1, 0.15) is 0 Å². The van der Waals surface area contributed by atoms with Crippen molar-refractivity contribution >= 4 is 5.91 Å². The van der Waals surface area contributed by atoms with Crippen molar-refractivity contribution in [2.45, 2.75) is 13.5 Å². The van der Waals surface area contributed by atoms with E-state index in [1.54, 1.807) is 18.0 Å². The number of aromatic hydroxyl groups is 1. The first kappa shape index (κ1) is 13.4. The third kappa shape index (κ3) is 4.40. The molecule has 94 valence electrons. The Balaban J connectivity index is 2.53. The zero-order valence-corrected chi connectivity index (χ0v) is 10.0. The Kier molecular flexibility index (Phi) is 4.90. The molecule has 0 aliphatic carbocycles. The lowest BCUT2D eigenvalue weighted by Crippen LogP contribution is -2.34. The van der Waals surface area contributed by atoms with E-state index in [0.29, 0.717) is 18.7 Å². The van der Waals surface area contributed by atoms with E-state index in [2.05, 4.69) is 5.32 Å². The van der Waals surface area contributed by atoms with Gasteiger partial charge in [-0.3, -0.25) is 9.69 Å². The van der Waals surface area contributed by atoms with Crippen molar-refractivity contribution in [1.29, 1.82) is 0 Å². The molecule has 1 amide bonds. The normalized spacial score (nSPS) is 10.6. The predicted molar refractivity (Wildman–Crippen MR) is 63.1 cm³/mol. The second-order valence-electron chi connectivity index (χ2n) is 3.91. The molecule has 0 saturated heterocycles. The van der Waals surface area contributed by atoms with Gasteiger partial charge in [-0.15, -0.1) is 0 Å². The van der Waals surface area contributed by atoms with Crippen molar-refractivity contribution < 1.29 is 14.3 Å². The highest BCUT2D eigenvalue weighted by molar-refractivity contribution is 5.77. The summed E-state index contributed by atoms with van der Waals surface area (Å²) in [7, 11) is 1.78. The van der Waals surface area contributed by atoms with Gasteiger partial charge in [-0.25, -0.2) is 4.39 Å². The fraction of sp³-hybridized carbons (Fsp3) is 0.417. The number of hydrogen-bond acceptors (Lipinski definition) is 3. The molecular formula is C12H17FN2O2. The number of halogens is 1. The molecule has 0 spiro atoms. The van der Waals surface area contributed by atoms with Gasteiger partial charge in [0.2, 0.25) is 5.91 Å². The minimum Gasteiger partial charge on any atom is -0.505 e. The van der Waals surface area contributed by atoms with Gasteiger partial charge < -0.3 is 10.4 Å². The number of nitrogens with zero attached hydrogens (tertiary/aromatic N) is 1. The largest absolute Gasteiger partial charge is 0.505 e. The molecule has 0 bridgehead atoms. The Labute approximate surface area is 100 Å². The molecule has 1 aromatic rings. The van der Waals surface area contributed by atoms with Crippen LogP contribution in [-0.4, -0.2) is 36.1 Å². The Morgan fingerprint density at radius 3 is 2.82 bits per heavy atom. The molecule has 0 heterocycles. The van der Waals surface area contributed by atoms with E-state index >= 15 is 0 Å². The molecule has 17 heavy (non-hydrogen) atoms. The number of nitrogens with one attached hydrogen (secondary N) is 1. The summed E-state index contributed by atoms with van der Waals surface area (Å²) in [4.78, 5) is 13.1. The number of rotatable bonds is 5. The van der Waals surface area contributed by atoms with Crippen LogP contribution in [0.5, 0.6) is 5.75 Å². The van der Waals surface area contributed by atoms with E-state index in [1.807, 2.05) is 6.92 Å². The lowest BCUT2D eigenvalue weighted by atomic mass is 10.2. The minimum atomic E-state index is -0.645. The summed E-state index contributed by atoms with van der Waals surface area (Å²) >= 11 is 0. The lowest BCUT2D eigenvalue weighted by Gasteiger charge is -2.16. The minimum absolute atomic E-state index is 0.0609. The molecule has 0 atom stereocenters. The highest BCUT2D eigenvalue weighted by Gasteiger charge is 2.07. The molecule has 0 aromatic heterocycles. The Morgan fingerprint density at radius 2 is 2.24 bits per heavy atom. The second-order valence-corrected chi connectivity index (χ2v) is 3.91. The van der Waals surface area contributed by atoms with E-state index in [-0.39, 0.29) is 18.2 Å². The summed E-state index contributed by atoms with van der Waals surface area (Å²) in [5, 5.41) is 11.7. The highest BCUT2D eigenvalue weighted by Crippen LogP contribution is 2.16. The summed E-state index contributed by atoms with van der Waals surface area (Å²) in [6.45, 7) is 3.17. The van der Waals surface area contributed by atoms with E-state index in [1.165, 1.54) is 12.1 Å². The molecule has 0 fully saturated rings. The standard InChI is InChI=1S/C12H17FN2O2/c1-3-14-12(17)8-15(2)7-9-4-5-11(16)10(13)6-9/h4-6,16H,3,7-8H2,1-2H3,(H,14,17). The summed E-state index contributed by atoms with van der Waals surface area (Å²) in [5.74, 6) is -1.07. The molecular weight excluding hydrogens is 223 g/mol. The molecule has 0 radical (unpaired) electrons. The van der Waals surface area contributed by atoms with Crippen molar-refractivity contribution in [1.82, 2.24) is 10.2 Å². The van der Waals surface area contributed by atoms with Crippen LogP contribution in [-0.2, 0) is 11.3 Å². The number of hydrogen-bond donors (Lipinski definition) is 2. The Hall–Kier alpha value is -1.62. The van der Waals surface area contributed by atoms with Crippen LogP contribution in [0.15, 0.2) is 18.2 Å². The molecule has 2 N–H and O–H groups in total. The van der Waals surface area contributed by atoms with Crippen molar-refractivity contribution in [2.75, 3.05) is 20.1 Å². The van der Waals surface area contributed by atoms with Crippen LogP contribution >= 0.6 is 0 Å². The number of amides is 1. The zero-order chi connectivity index (χ0) is 12.8. The van der Waals surface area contributed by atoms with Gasteiger partial charge >= 0.3 is 0 Å². The maximum Gasteiger partial charge on any atom is 0.234 e. The maximum atomic E-state index is 13.1. The van der Waals surface area contributed by atoms with Crippen molar-refractivity contribution in [3.63, 3.8) is 0 Å². The third-order valence-corrected chi connectivity index (χ3v) is 2.25. The average Bonchev–Trinajstić information content (AvgIpc) is 2.23. The highest BCUT2D eigenvalue weighted by atomic mass is 19.1. The van der Waals surface area contributed by atoms with Gasteiger partial charge in [0, 0.05) is 13.1 Å². The number of likely N-dealkylation sites (N-methyl/N-ethyl adjacent to an activating group) is 2. The topological polar surface area (TPSA) is 52.6 Å². The van der Waals surface area contributed by atoms with Gasteiger partial charge in [0.25, 0.3) is 0 Å². The van der Waals surface area contributed by atoms with Crippen LogP contribution in [0.3, 0.4) is 0 Å². The smallest absolute Gasteiger partial charge is 0.234 e. The van der Waals surface area contributed by atoms with E-state index in [0.717, 1.165) is 0 Å². The lowest BCUT2D eigenvalue weighted by molar-refractivity contribution is -0.121. The summed E-state index contributed by atoms with van der Waals surface area (Å²) in [5.41, 5.74) is 0.715. The molecule has 5 heteroatoms. The van der Waals surface area contributed by atoms with Crippen molar-refractivity contribution in [3.05, 3.63) is 29.6 Å². The van der Waals surface area contributed by atoms with Crippen LogP contribution in [0.1, 0.15) is 12.5 Å². The summed E-state index contributed by atoms with van der Waals surface area (Å²) < 4.78 is 13.1. The van der Waals surface area contributed by atoms with Crippen LogP contribution in [0.4, 0.5) is 4.39 Å². The van der Waals surface area contributed by atoms with Gasteiger partial charge in [-0.05, 0) is 31.7 Å². The fourth-order valence-corrected chi connectivity index (χ4v) is 1.51. The first-order valence-electron chi connectivity index (χ1n) is 5.45. The maximum absolute atomic E-state index is 13.1. The van der Waals surface area contributed by atoms with Gasteiger partial charge in [-0.1, -0.05) is 6.07 Å². The number of phenolic OH excluding ortho intramolecular Hbond substituents is 1. The van der Waals surface area contributed by atoms with E-state index < -0.39 is 5.82 Å². The van der Waals surface area contributed by atoms with E-state index in [4.69, 9.17) is 5.11 Å². The monoisotopic (exact) mass is 240 g/mol. The summed E-state index contributed by atoms with van der Waals surface area (Å²) in [6.07, 6.45) is 0. The molecule has 1 aromatic carbocycles. The van der Waals surface area contributed by atoms with Crippen LogP contribution < -0.4 is 5.32 Å². The SMILES string of the molecule is CCNC(=O)CN(C)Cc1ccc(O)c(F)c1. The molecule has 0 unspecified atom stereocenters. The van der Waals surface area contributed by atoms with Crippen molar-refractivity contribution in [2.24, 2.45) is 0 Å². The molecule has 0 aliphatic rings. The Morgan fingerprint density at radius 1 is 1.53 bits per heavy atom. The van der Waals surface area contributed by atoms with E-state index in [9.17, 15) is 9.18 Å². The first-order chi connectivity index (χ1) is 8.02. The van der Waals surface area contributed by atoms with Crippen molar-refractivity contribution in [3.8, 4) is 5.75 Å². The molecule has 1 rings (SSSR count). The molecule has 0 saturated carbocycles. The quantitative estimate of drug-likeness (QED) is 0.810. The second kappa shape index (κ2) is 6.20. The van der Waals surface area contributed by atoms with Gasteiger partial charge in [0.05, 0.1) is 6.54 Å². The third-order valence-electron chi connectivity index (χ3n) is 2.25. The van der Waals surface area contributed by atoms with Gasteiger partial charge in [-0.2, -0.15) is 0 Å². The number of benzene rings is 1. The number of carbonyl (C=O) groups is 1. The number of carbonyl (C=O) groups excluding carboxylic acids is 1. The first-order valence-corrected chi connectivity index (χ1v) is 5.45. The number of phenols is 1. The van der Waals surface area contributed by atoms with Gasteiger partial charge in [0.15, 0.2) is 11.6 Å². The zero-order valence-electron chi connectivity index (χ0n) is 10.0. The fourth-order valence-electron chi connectivity index (χ4n) is 1.51. The predicted octanol–water partition coefficient (Wildman–Crippen LogP) is 1.10. The van der Waals surface area contributed by atoms with Crippen LogP contribution in [0.2, 0.25) is 0 Å². The molecule has 0 aliphatic heterocycles. The Bertz CT molecular complexity index is 396. The average molecular weight is 240 g/mol. The molecule has 4 nitrogen and oxygen atoms in total. The van der Waals surface area contributed by atoms with Crippen LogP contribution in [0.25, 0.3) is 0 Å². The van der Waals surface area contributed by atoms with Crippen LogP contribution in [0, 0.1) is 5.82 Å².